The molecule has 2 unspecified atom stereocenters. The Labute approximate surface area is 229 Å². The number of nitrogens with zero attached hydrogens (tertiary/aromatic N) is 4. The molecule has 198 valence electrons. The third kappa shape index (κ3) is 6.21. The maximum Gasteiger partial charge on any atom is 0.322 e. The molecule has 1 aromatic heterocycles. The highest BCUT2D eigenvalue weighted by Gasteiger charge is 2.58. The number of nitriles is 1. The van der Waals surface area contributed by atoms with Gasteiger partial charge < -0.3 is 15.3 Å². The average molecular weight is 545 g/mol. The van der Waals surface area contributed by atoms with Crippen molar-refractivity contribution in [3.05, 3.63) is 57.8 Å². The van der Waals surface area contributed by atoms with Crippen LogP contribution >= 0.6 is 23.2 Å². The lowest BCUT2D eigenvalue weighted by Crippen LogP contribution is -2.51. The average Bonchev–Trinajstić information content (AvgIpc) is 3.60. The van der Waals surface area contributed by atoms with Crippen molar-refractivity contribution in [3.8, 4) is 6.07 Å². The Kier molecular flexibility index (Phi) is 8.65. The molecule has 2 N–H and O–H groups in total. The first-order chi connectivity index (χ1) is 17.7. The molecular formula is C28H35Cl2N5O2. The van der Waals surface area contributed by atoms with E-state index in [1.165, 1.54) is 5.56 Å². The van der Waals surface area contributed by atoms with Crippen molar-refractivity contribution in [2.24, 2.45) is 5.92 Å². The van der Waals surface area contributed by atoms with Crippen molar-refractivity contribution in [3.63, 3.8) is 0 Å². The summed E-state index contributed by atoms with van der Waals surface area (Å²) in [4.78, 5) is 21.7. The van der Waals surface area contributed by atoms with Gasteiger partial charge in [0.05, 0.1) is 18.2 Å². The lowest BCUT2D eigenvalue weighted by Gasteiger charge is -2.39. The molecule has 2 aliphatic rings. The maximum absolute atomic E-state index is 13.6. The van der Waals surface area contributed by atoms with Gasteiger partial charge in [-0.1, -0.05) is 35.3 Å². The normalized spacial score (nSPS) is 23.3. The van der Waals surface area contributed by atoms with E-state index in [0.29, 0.717) is 30.3 Å². The number of carbonyl (C=O) groups is 1. The molecule has 0 radical (unpaired) electrons. The third-order valence-electron chi connectivity index (χ3n) is 8.09. The number of rotatable bonds is 9. The van der Waals surface area contributed by atoms with Gasteiger partial charge in [0.2, 0.25) is 0 Å². The van der Waals surface area contributed by atoms with Crippen molar-refractivity contribution in [2.75, 3.05) is 25.0 Å². The molecule has 2 amide bonds. The van der Waals surface area contributed by atoms with Crippen LogP contribution in [0.2, 0.25) is 10.3 Å². The quantitative estimate of drug-likeness (QED) is 0.396. The second-order valence-electron chi connectivity index (χ2n) is 10.7. The number of aromatic nitrogens is 1. The SMILES string of the molecule is CC(C)N(CCN(C(=O)Nc1cc(Cl)nc(Cl)c1)C1CC[C@]2(c3cccc(C#N)c3)CC2C1)[C@@H](C)CO. The highest BCUT2D eigenvalue weighted by Crippen LogP contribution is 2.62. The second-order valence-corrected chi connectivity index (χ2v) is 11.4. The number of aliphatic hydroxyl groups excluding tert-OH is 1. The fourth-order valence-electron chi connectivity index (χ4n) is 6.04. The van der Waals surface area contributed by atoms with Crippen LogP contribution in [0.25, 0.3) is 0 Å². The van der Waals surface area contributed by atoms with E-state index >= 15 is 0 Å². The van der Waals surface area contributed by atoms with Gasteiger partial charge in [-0.15, -0.1) is 0 Å². The van der Waals surface area contributed by atoms with Gasteiger partial charge in [-0.2, -0.15) is 5.26 Å². The standard InChI is InChI=1S/C28H35Cl2N5O2/c1-18(2)34(19(3)17-36)9-10-35(27(37)32-23-13-25(29)33-26(30)14-23)24-7-8-28(15-22(28)12-24)21-6-4-5-20(11-21)16-31/h4-6,11,13-14,18-19,22,24,36H,7-10,12,15,17H2,1-3H3,(H,32,33,37)/t19-,22?,24?,28+/m0/s1. The molecule has 1 aromatic carbocycles. The number of hydrogen-bond donors (Lipinski definition) is 2. The van der Waals surface area contributed by atoms with E-state index in [9.17, 15) is 15.2 Å². The van der Waals surface area contributed by atoms with Crippen LogP contribution in [0.4, 0.5) is 10.5 Å². The van der Waals surface area contributed by atoms with Crippen molar-refractivity contribution in [1.82, 2.24) is 14.8 Å². The topological polar surface area (TPSA) is 92.5 Å². The highest BCUT2D eigenvalue weighted by molar-refractivity contribution is 6.33. The predicted molar refractivity (Wildman–Crippen MR) is 147 cm³/mol. The number of fused-ring (bicyclic) bond motifs is 1. The molecule has 0 bridgehead atoms. The summed E-state index contributed by atoms with van der Waals surface area (Å²) in [5, 5.41) is 22.5. The largest absolute Gasteiger partial charge is 0.395 e. The minimum Gasteiger partial charge on any atom is -0.395 e. The van der Waals surface area contributed by atoms with Crippen LogP contribution in [0.3, 0.4) is 0 Å². The Bertz CT molecular complexity index is 1150. The Morgan fingerprint density at radius 2 is 1.97 bits per heavy atom. The number of amides is 2. The summed E-state index contributed by atoms with van der Waals surface area (Å²) in [5.74, 6) is 0.484. The highest BCUT2D eigenvalue weighted by atomic mass is 35.5. The Hall–Kier alpha value is -2.37. The monoisotopic (exact) mass is 543 g/mol. The number of hydrogen-bond acceptors (Lipinski definition) is 5. The molecule has 2 aromatic rings. The molecule has 9 heteroatoms. The van der Waals surface area contributed by atoms with Gasteiger partial charge in [0, 0.05) is 36.9 Å². The number of halogens is 2. The first-order valence-electron chi connectivity index (χ1n) is 12.9. The molecule has 7 nitrogen and oxygen atoms in total. The van der Waals surface area contributed by atoms with Gasteiger partial charge in [0.15, 0.2) is 0 Å². The van der Waals surface area contributed by atoms with Crippen LogP contribution in [-0.2, 0) is 5.41 Å². The number of nitrogens with one attached hydrogen (secondary N) is 1. The Balaban J connectivity index is 1.52. The van der Waals surface area contributed by atoms with E-state index in [4.69, 9.17) is 23.2 Å². The van der Waals surface area contributed by atoms with Crippen LogP contribution in [0.1, 0.15) is 57.6 Å². The summed E-state index contributed by atoms with van der Waals surface area (Å²) in [5.41, 5.74) is 2.57. The molecule has 2 fully saturated rings. The van der Waals surface area contributed by atoms with E-state index in [1.54, 1.807) is 12.1 Å². The summed E-state index contributed by atoms with van der Waals surface area (Å²) >= 11 is 12.1. The number of benzene rings is 1. The molecule has 2 saturated carbocycles. The van der Waals surface area contributed by atoms with Crippen molar-refractivity contribution >= 4 is 34.9 Å². The molecule has 2 aliphatic carbocycles. The molecule has 4 atom stereocenters. The number of pyridine rings is 1. The molecule has 0 saturated heterocycles. The lowest BCUT2D eigenvalue weighted by atomic mass is 9.80. The first-order valence-corrected chi connectivity index (χ1v) is 13.7. The third-order valence-corrected chi connectivity index (χ3v) is 8.47. The fourth-order valence-corrected chi connectivity index (χ4v) is 6.50. The number of aliphatic hydroxyl groups is 1. The van der Waals surface area contributed by atoms with Gasteiger partial charge >= 0.3 is 6.03 Å². The van der Waals surface area contributed by atoms with E-state index in [2.05, 4.69) is 41.2 Å². The fraction of sp³-hybridized carbons (Fsp3) is 0.536. The van der Waals surface area contributed by atoms with Gasteiger partial charge in [0.25, 0.3) is 0 Å². The molecule has 4 rings (SSSR count). The summed E-state index contributed by atoms with van der Waals surface area (Å²) in [6.07, 6.45) is 3.87. The summed E-state index contributed by atoms with van der Waals surface area (Å²) < 4.78 is 0. The zero-order valence-electron chi connectivity index (χ0n) is 21.6. The Morgan fingerprint density at radius 3 is 2.59 bits per heavy atom. The van der Waals surface area contributed by atoms with Crippen LogP contribution in [0, 0.1) is 17.2 Å². The van der Waals surface area contributed by atoms with Crippen LogP contribution < -0.4 is 5.32 Å². The van der Waals surface area contributed by atoms with E-state index in [-0.39, 0.29) is 46.5 Å². The number of anilines is 1. The molecule has 1 heterocycles. The van der Waals surface area contributed by atoms with Crippen LogP contribution in [0.5, 0.6) is 0 Å². The van der Waals surface area contributed by atoms with E-state index < -0.39 is 0 Å². The lowest BCUT2D eigenvalue weighted by molar-refractivity contribution is 0.0861. The molecular weight excluding hydrogens is 509 g/mol. The van der Waals surface area contributed by atoms with E-state index in [1.807, 2.05) is 30.0 Å². The minimum atomic E-state index is -0.191. The maximum atomic E-state index is 13.6. The van der Waals surface area contributed by atoms with Crippen molar-refractivity contribution in [1.29, 1.82) is 5.26 Å². The van der Waals surface area contributed by atoms with Crippen molar-refractivity contribution < 1.29 is 9.90 Å². The molecule has 37 heavy (non-hydrogen) atoms. The molecule has 0 spiro atoms. The van der Waals surface area contributed by atoms with E-state index in [0.717, 1.165) is 25.7 Å². The smallest absolute Gasteiger partial charge is 0.322 e. The number of carbonyl (C=O) groups excluding carboxylic acids is 1. The Morgan fingerprint density at radius 1 is 1.24 bits per heavy atom. The van der Waals surface area contributed by atoms with Crippen LogP contribution in [0.15, 0.2) is 36.4 Å². The first kappa shape index (κ1) is 27.7. The van der Waals surface area contributed by atoms with Crippen LogP contribution in [-0.4, -0.2) is 63.7 Å². The second kappa shape index (κ2) is 11.6. The zero-order valence-corrected chi connectivity index (χ0v) is 23.1. The van der Waals surface area contributed by atoms with Gasteiger partial charge in [-0.05, 0) is 87.6 Å². The van der Waals surface area contributed by atoms with Gasteiger partial charge in [-0.3, -0.25) is 4.90 Å². The van der Waals surface area contributed by atoms with Gasteiger partial charge in [0.1, 0.15) is 10.3 Å². The predicted octanol–water partition coefficient (Wildman–Crippen LogP) is 5.70. The zero-order chi connectivity index (χ0) is 26.7. The summed E-state index contributed by atoms with van der Waals surface area (Å²) in [7, 11) is 0. The summed E-state index contributed by atoms with van der Waals surface area (Å²) in [6, 6.07) is 13.6. The minimum absolute atomic E-state index is 0.00225. The molecule has 0 aliphatic heterocycles. The van der Waals surface area contributed by atoms with Gasteiger partial charge in [-0.25, -0.2) is 9.78 Å². The van der Waals surface area contributed by atoms with Crippen molar-refractivity contribution in [2.45, 2.75) is 70.0 Å². The summed E-state index contributed by atoms with van der Waals surface area (Å²) in [6.45, 7) is 7.46. The number of urea groups is 1.